The van der Waals surface area contributed by atoms with Crippen LogP contribution in [0.1, 0.15) is 38.7 Å². The highest BCUT2D eigenvalue weighted by Gasteiger charge is 2.30. The molecule has 1 aromatic rings. The summed E-state index contributed by atoms with van der Waals surface area (Å²) in [4.78, 5) is 6.54. The lowest BCUT2D eigenvalue weighted by atomic mass is 10.1. The van der Waals surface area contributed by atoms with Crippen LogP contribution < -0.4 is 4.90 Å². The van der Waals surface area contributed by atoms with Crippen LogP contribution in [-0.2, 0) is 6.61 Å². The molecule has 0 aliphatic heterocycles. The van der Waals surface area contributed by atoms with Gasteiger partial charge in [-0.25, -0.2) is 0 Å². The van der Waals surface area contributed by atoms with Crippen LogP contribution in [0.2, 0.25) is 0 Å². The maximum atomic E-state index is 9.38. The number of nitrogens with zero attached hydrogens (tertiary/aromatic N) is 2. The molecule has 1 fully saturated rings. The molecule has 0 aromatic carbocycles. The zero-order chi connectivity index (χ0) is 12.3. The van der Waals surface area contributed by atoms with Crippen LogP contribution in [0.15, 0.2) is 18.5 Å². The van der Waals surface area contributed by atoms with E-state index >= 15 is 0 Å². The van der Waals surface area contributed by atoms with Crippen LogP contribution in [0.25, 0.3) is 0 Å². The fourth-order valence-corrected chi connectivity index (χ4v) is 2.11. The van der Waals surface area contributed by atoms with Gasteiger partial charge in [-0.3, -0.25) is 4.98 Å². The van der Waals surface area contributed by atoms with Crippen molar-refractivity contribution in [3.05, 3.63) is 24.0 Å². The molecule has 0 bridgehead atoms. The highest BCUT2D eigenvalue weighted by atomic mass is 16.3. The minimum atomic E-state index is 0.0775. The Morgan fingerprint density at radius 1 is 1.47 bits per heavy atom. The van der Waals surface area contributed by atoms with Gasteiger partial charge in [0.2, 0.25) is 0 Å². The van der Waals surface area contributed by atoms with Gasteiger partial charge in [-0.1, -0.05) is 13.8 Å². The van der Waals surface area contributed by atoms with Gasteiger partial charge in [-0.15, -0.1) is 0 Å². The second-order valence-electron chi connectivity index (χ2n) is 5.27. The molecule has 0 spiro atoms. The van der Waals surface area contributed by atoms with E-state index in [1.165, 1.54) is 24.9 Å². The van der Waals surface area contributed by atoms with Crippen molar-refractivity contribution in [2.75, 3.05) is 11.4 Å². The zero-order valence-electron chi connectivity index (χ0n) is 10.8. The maximum Gasteiger partial charge on any atom is 0.0717 e. The van der Waals surface area contributed by atoms with Crippen molar-refractivity contribution in [1.82, 2.24) is 4.98 Å². The SMILES string of the molecule is CC(C)CCN(c1ccncc1CO)C1CC1. The van der Waals surface area contributed by atoms with Crippen LogP contribution in [0.4, 0.5) is 5.69 Å². The lowest BCUT2D eigenvalue weighted by molar-refractivity contribution is 0.281. The molecule has 1 saturated carbocycles. The van der Waals surface area contributed by atoms with Gasteiger partial charge in [-0.2, -0.15) is 0 Å². The Balaban J connectivity index is 2.14. The smallest absolute Gasteiger partial charge is 0.0717 e. The van der Waals surface area contributed by atoms with Gasteiger partial charge in [0.25, 0.3) is 0 Å². The monoisotopic (exact) mass is 234 g/mol. The third kappa shape index (κ3) is 3.19. The van der Waals surface area contributed by atoms with Crippen molar-refractivity contribution < 1.29 is 5.11 Å². The Labute approximate surface area is 103 Å². The molecule has 1 aliphatic carbocycles. The lowest BCUT2D eigenvalue weighted by Crippen LogP contribution is -2.28. The molecule has 1 heterocycles. The number of aromatic nitrogens is 1. The average Bonchev–Trinajstić information content (AvgIpc) is 3.14. The van der Waals surface area contributed by atoms with E-state index in [0.29, 0.717) is 6.04 Å². The first-order valence-corrected chi connectivity index (χ1v) is 6.52. The van der Waals surface area contributed by atoms with E-state index in [0.717, 1.165) is 18.0 Å². The quantitative estimate of drug-likeness (QED) is 0.822. The minimum absolute atomic E-state index is 0.0775. The molecule has 0 atom stereocenters. The van der Waals surface area contributed by atoms with Crippen LogP contribution >= 0.6 is 0 Å². The molecule has 3 nitrogen and oxygen atoms in total. The first kappa shape index (κ1) is 12.4. The summed E-state index contributed by atoms with van der Waals surface area (Å²) in [5.41, 5.74) is 2.12. The first-order valence-electron chi connectivity index (χ1n) is 6.52. The molecule has 94 valence electrons. The summed E-state index contributed by atoms with van der Waals surface area (Å²) in [5.74, 6) is 0.718. The van der Waals surface area contributed by atoms with Gasteiger partial charge in [0, 0.05) is 36.2 Å². The van der Waals surface area contributed by atoms with Gasteiger partial charge < -0.3 is 10.0 Å². The second kappa shape index (κ2) is 5.50. The Kier molecular flexibility index (Phi) is 4.00. The largest absolute Gasteiger partial charge is 0.392 e. The number of aliphatic hydroxyl groups is 1. The second-order valence-corrected chi connectivity index (χ2v) is 5.27. The molecule has 1 aromatic heterocycles. The third-order valence-electron chi connectivity index (χ3n) is 3.29. The summed E-state index contributed by atoms with van der Waals surface area (Å²) in [7, 11) is 0. The molecule has 0 radical (unpaired) electrons. The Morgan fingerprint density at radius 3 is 2.82 bits per heavy atom. The van der Waals surface area contributed by atoms with Gasteiger partial charge >= 0.3 is 0 Å². The molecule has 2 rings (SSSR count). The summed E-state index contributed by atoms with van der Waals surface area (Å²) in [5, 5.41) is 9.38. The van der Waals surface area contributed by atoms with E-state index < -0.39 is 0 Å². The fourth-order valence-electron chi connectivity index (χ4n) is 2.11. The number of rotatable bonds is 6. The summed E-state index contributed by atoms with van der Waals surface area (Å²) in [6, 6.07) is 2.71. The molecule has 0 amide bonds. The van der Waals surface area contributed by atoms with Crippen molar-refractivity contribution in [3.8, 4) is 0 Å². The van der Waals surface area contributed by atoms with E-state index in [2.05, 4.69) is 23.7 Å². The predicted octanol–water partition coefficient (Wildman–Crippen LogP) is 2.59. The summed E-state index contributed by atoms with van der Waals surface area (Å²) in [6.45, 7) is 5.67. The topological polar surface area (TPSA) is 36.4 Å². The highest BCUT2D eigenvalue weighted by molar-refractivity contribution is 5.53. The van der Waals surface area contributed by atoms with Crippen molar-refractivity contribution >= 4 is 5.69 Å². The van der Waals surface area contributed by atoms with E-state index in [1.54, 1.807) is 6.20 Å². The van der Waals surface area contributed by atoms with Crippen molar-refractivity contribution in [3.63, 3.8) is 0 Å². The van der Waals surface area contributed by atoms with Crippen molar-refractivity contribution in [2.45, 2.75) is 45.8 Å². The normalized spacial score (nSPS) is 15.3. The lowest BCUT2D eigenvalue weighted by Gasteiger charge is -2.27. The highest BCUT2D eigenvalue weighted by Crippen LogP contribution is 2.33. The Morgan fingerprint density at radius 2 is 2.24 bits per heavy atom. The zero-order valence-corrected chi connectivity index (χ0v) is 10.8. The van der Waals surface area contributed by atoms with E-state index in [1.807, 2.05) is 12.3 Å². The number of hydrogen-bond acceptors (Lipinski definition) is 3. The van der Waals surface area contributed by atoms with Crippen LogP contribution in [0.5, 0.6) is 0 Å². The van der Waals surface area contributed by atoms with Gasteiger partial charge in [0.1, 0.15) is 0 Å². The number of anilines is 1. The fraction of sp³-hybridized carbons (Fsp3) is 0.643. The van der Waals surface area contributed by atoms with Crippen LogP contribution in [0, 0.1) is 5.92 Å². The Bertz CT molecular complexity index is 361. The van der Waals surface area contributed by atoms with E-state index in [-0.39, 0.29) is 6.61 Å². The molecule has 17 heavy (non-hydrogen) atoms. The molecular weight excluding hydrogens is 212 g/mol. The van der Waals surface area contributed by atoms with Gasteiger partial charge in [0.15, 0.2) is 0 Å². The number of pyridine rings is 1. The number of aliphatic hydroxyl groups excluding tert-OH is 1. The summed E-state index contributed by atoms with van der Waals surface area (Å²) < 4.78 is 0. The van der Waals surface area contributed by atoms with Crippen LogP contribution in [0.3, 0.4) is 0 Å². The van der Waals surface area contributed by atoms with Crippen molar-refractivity contribution in [1.29, 1.82) is 0 Å². The average molecular weight is 234 g/mol. The van der Waals surface area contributed by atoms with Gasteiger partial charge in [0.05, 0.1) is 6.61 Å². The standard InChI is InChI=1S/C14H22N2O/c1-11(2)6-8-16(13-3-4-13)14-5-7-15-9-12(14)10-17/h5,7,9,11,13,17H,3-4,6,8,10H2,1-2H3. The molecule has 1 N–H and O–H groups in total. The maximum absolute atomic E-state index is 9.38. The third-order valence-corrected chi connectivity index (χ3v) is 3.29. The van der Waals surface area contributed by atoms with E-state index in [9.17, 15) is 5.11 Å². The van der Waals surface area contributed by atoms with Crippen LogP contribution in [-0.4, -0.2) is 22.7 Å². The number of hydrogen-bond donors (Lipinski definition) is 1. The molecule has 0 saturated heterocycles. The molecule has 0 unspecified atom stereocenters. The van der Waals surface area contributed by atoms with Gasteiger partial charge in [-0.05, 0) is 31.2 Å². The van der Waals surface area contributed by atoms with E-state index in [4.69, 9.17) is 0 Å². The minimum Gasteiger partial charge on any atom is -0.392 e. The van der Waals surface area contributed by atoms with Crippen molar-refractivity contribution in [2.24, 2.45) is 5.92 Å². The molecule has 3 heteroatoms. The summed E-state index contributed by atoms with van der Waals surface area (Å²) in [6.07, 6.45) is 7.36. The molecule has 1 aliphatic rings. The Hall–Kier alpha value is -1.09. The summed E-state index contributed by atoms with van der Waals surface area (Å²) >= 11 is 0. The molecular formula is C14H22N2O. The first-order chi connectivity index (χ1) is 8.22. The predicted molar refractivity (Wildman–Crippen MR) is 70.0 cm³/mol.